The zero-order valence-corrected chi connectivity index (χ0v) is 6.86. The lowest BCUT2D eigenvalue weighted by atomic mass is 10.0. The molecule has 1 saturated heterocycles. The van der Waals surface area contributed by atoms with Gasteiger partial charge in [0.2, 0.25) is 5.91 Å². The van der Waals surface area contributed by atoms with Crippen molar-refractivity contribution >= 4 is 11.9 Å². The van der Waals surface area contributed by atoms with Gasteiger partial charge in [0.15, 0.2) is 0 Å². The highest BCUT2D eigenvalue weighted by atomic mass is 16.4. The number of carbonyl (C=O) groups is 2. The van der Waals surface area contributed by atoms with Gasteiger partial charge in [0.1, 0.15) is 0 Å². The molecule has 1 rings (SSSR count). The van der Waals surface area contributed by atoms with Crippen LogP contribution in [0.15, 0.2) is 12.2 Å². The van der Waals surface area contributed by atoms with Crippen molar-refractivity contribution in [2.45, 2.75) is 19.4 Å². The molecule has 0 aliphatic carbocycles. The quantitative estimate of drug-likeness (QED) is 0.603. The Bertz CT molecular complexity index is 234. The van der Waals surface area contributed by atoms with Crippen LogP contribution in [0.1, 0.15) is 13.3 Å². The molecule has 1 atom stereocenters. The first-order valence-corrected chi connectivity index (χ1v) is 3.79. The third kappa shape index (κ3) is 1.84. The molecule has 0 radical (unpaired) electrons. The molecule has 0 aromatic carbocycles. The molecule has 12 heavy (non-hydrogen) atoms. The topological polar surface area (TPSA) is 57.6 Å². The van der Waals surface area contributed by atoms with Gasteiger partial charge in [0.25, 0.3) is 0 Å². The van der Waals surface area contributed by atoms with Gasteiger partial charge in [-0.1, -0.05) is 6.08 Å². The molecule has 0 aromatic rings. The third-order valence-electron chi connectivity index (χ3n) is 1.93. The fraction of sp³-hybridized carbons (Fsp3) is 0.500. The van der Waals surface area contributed by atoms with Crippen LogP contribution in [-0.2, 0) is 9.59 Å². The minimum atomic E-state index is -0.967. The van der Waals surface area contributed by atoms with Crippen molar-refractivity contribution in [1.82, 2.24) is 4.90 Å². The standard InChI is InChI=1S/C8H11NO3/c1-6(10)9-5-4-7(9)2-3-8(11)12/h2-3,7H,4-5H2,1H3,(H,11,12)/b3-2+. The number of aliphatic carboxylic acids is 1. The van der Waals surface area contributed by atoms with Crippen molar-refractivity contribution in [3.05, 3.63) is 12.2 Å². The number of nitrogens with zero attached hydrogens (tertiary/aromatic N) is 1. The second-order valence-corrected chi connectivity index (χ2v) is 2.77. The van der Waals surface area contributed by atoms with Crippen molar-refractivity contribution in [1.29, 1.82) is 0 Å². The highest BCUT2D eigenvalue weighted by molar-refractivity contribution is 5.80. The zero-order valence-electron chi connectivity index (χ0n) is 6.86. The Morgan fingerprint density at radius 3 is 2.58 bits per heavy atom. The van der Waals surface area contributed by atoms with Gasteiger partial charge in [-0.15, -0.1) is 0 Å². The SMILES string of the molecule is CC(=O)N1CCC1/C=C/C(=O)O. The fourth-order valence-electron chi connectivity index (χ4n) is 1.19. The molecule has 1 aliphatic heterocycles. The number of hydrogen-bond donors (Lipinski definition) is 1. The molecular formula is C8H11NO3. The van der Waals surface area contributed by atoms with Crippen LogP contribution >= 0.6 is 0 Å². The minimum Gasteiger partial charge on any atom is -0.478 e. The Hall–Kier alpha value is -1.32. The number of hydrogen-bond acceptors (Lipinski definition) is 2. The van der Waals surface area contributed by atoms with E-state index in [1.807, 2.05) is 0 Å². The van der Waals surface area contributed by atoms with Gasteiger partial charge in [0, 0.05) is 19.5 Å². The lowest BCUT2D eigenvalue weighted by Gasteiger charge is -2.38. The van der Waals surface area contributed by atoms with Gasteiger partial charge < -0.3 is 10.0 Å². The van der Waals surface area contributed by atoms with E-state index in [2.05, 4.69) is 0 Å². The van der Waals surface area contributed by atoms with E-state index in [-0.39, 0.29) is 11.9 Å². The maximum Gasteiger partial charge on any atom is 0.328 e. The van der Waals surface area contributed by atoms with E-state index in [1.54, 1.807) is 11.0 Å². The summed E-state index contributed by atoms with van der Waals surface area (Å²) in [6.45, 7) is 2.23. The van der Waals surface area contributed by atoms with E-state index in [0.717, 1.165) is 19.0 Å². The predicted molar refractivity (Wildman–Crippen MR) is 42.6 cm³/mol. The maximum atomic E-state index is 10.8. The second-order valence-electron chi connectivity index (χ2n) is 2.77. The van der Waals surface area contributed by atoms with Crippen molar-refractivity contribution in [2.24, 2.45) is 0 Å². The first kappa shape index (κ1) is 8.77. The molecule has 1 amide bonds. The Morgan fingerprint density at radius 1 is 1.58 bits per heavy atom. The number of carbonyl (C=O) groups excluding carboxylic acids is 1. The average Bonchev–Trinajstić information content (AvgIpc) is 1.82. The molecular weight excluding hydrogens is 158 g/mol. The Kier molecular flexibility index (Phi) is 2.47. The summed E-state index contributed by atoms with van der Waals surface area (Å²) in [6, 6.07) is -0.00130. The van der Waals surface area contributed by atoms with Gasteiger partial charge in [0.05, 0.1) is 6.04 Å². The van der Waals surface area contributed by atoms with E-state index < -0.39 is 5.97 Å². The number of rotatable bonds is 2. The van der Waals surface area contributed by atoms with Gasteiger partial charge in [-0.3, -0.25) is 4.79 Å². The van der Waals surface area contributed by atoms with E-state index in [0.29, 0.717) is 0 Å². The molecule has 0 aromatic heterocycles. The Labute approximate surface area is 70.5 Å². The fourth-order valence-corrected chi connectivity index (χ4v) is 1.19. The molecule has 4 heteroatoms. The van der Waals surface area contributed by atoms with Crippen molar-refractivity contribution in [3.63, 3.8) is 0 Å². The number of likely N-dealkylation sites (tertiary alicyclic amines) is 1. The monoisotopic (exact) mass is 169 g/mol. The van der Waals surface area contributed by atoms with Crippen LogP contribution in [0, 0.1) is 0 Å². The molecule has 66 valence electrons. The molecule has 0 bridgehead atoms. The number of amides is 1. The minimum absolute atomic E-state index is 0.00119. The summed E-state index contributed by atoms with van der Waals surface area (Å²) in [6.07, 6.45) is 3.50. The molecule has 1 unspecified atom stereocenters. The van der Waals surface area contributed by atoms with Gasteiger partial charge in [-0.05, 0) is 6.42 Å². The molecule has 0 saturated carbocycles. The van der Waals surface area contributed by atoms with E-state index in [1.165, 1.54) is 6.92 Å². The largest absolute Gasteiger partial charge is 0.478 e. The summed E-state index contributed by atoms with van der Waals surface area (Å²) in [7, 11) is 0. The smallest absolute Gasteiger partial charge is 0.328 e. The lowest BCUT2D eigenvalue weighted by molar-refractivity contribution is -0.135. The summed E-state index contributed by atoms with van der Waals surface area (Å²) >= 11 is 0. The summed E-state index contributed by atoms with van der Waals surface area (Å²) < 4.78 is 0. The average molecular weight is 169 g/mol. The summed E-state index contributed by atoms with van der Waals surface area (Å²) in [5.74, 6) is -0.966. The summed E-state index contributed by atoms with van der Waals surface area (Å²) in [5.41, 5.74) is 0. The van der Waals surface area contributed by atoms with E-state index >= 15 is 0 Å². The molecule has 0 spiro atoms. The van der Waals surface area contributed by atoms with Crippen LogP contribution in [0.25, 0.3) is 0 Å². The summed E-state index contributed by atoms with van der Waals surface area (Å²) in [4.78, 5) is 22.6. The van der Waals surface area contributed by atoms with E-state index in [9.17, 15) is 9.59 Å². The van der Waals surface area contributed by atoms with Crippen LogP contribution in [0.5, 0.6) is 0 Å². The predicted octanol–water partition coefficient (Wildman–Crippen LogP) is 0.248. The van der Waals surface area contributed by atoms with Crippen LogP contribution in [-0.4, -0.2) is 34.5 Å². The van der Waals surface area contributed by atoms with Crippen molar-refractivity contribution in [2.75, 3.05) is 6.54 Å². The first-order chi connectivity index (χ1) is 5.61. The van der Waals surface area contributed by atoms with E-state index in [4.69, 9.17) is 5.11 Å². The third-order valence-corrected chi connectivity index (χ3v) is 1.93. The first-order valence-electron chi connectivity index (χ1n) is 3.79. The normalized spacial score (nSPS) is 22.4. The van der Waals surface area contributed by atoms with Crippen LogP contribution in [0.4, 0.5) is 0 Å². The second kappa shape index (κ2) is 3.38. The number of carboxylic acids is 1. The molecule has 4 nitrogen and oxygen atoms in total. The molecule has 1 aliphatic rings. The van der Waals surface area contributed by atoms with Gasteiger partial charge in [-0.2, -0.15) is 0 Å². The maximum absolute atomic E-state index is 10.8. The van der Waals surface area contributed by atoms with Crippen LogP contribution in [0.2, 0.25) is 0 Å². The Morgan fingerprint density at radius 2 is 2.25 bits per heavy atom. The van der Waals surface area contributed by atoms with Crippen molar-refractivity contribution < 1.29 is 14.7 Å². The van der Waals surface area contributed by atoms with Gasteiger partial charge in [-0.25, -0.2) is 4.79 Å². The zero-order chi connectivity index (χ0) is 9.14. The van der Waals surface area contributed by atoms with Gasteiger partial charge >= 0.3 is 5.97 Å². The summed E-state index contributed by atoms with van der Waals surface area (Å²) in [5, 5.41) is 8.32. The molecule has 1 fully saturated rings. The molecule has 1 heterocycles. The Balaban J connectivity index is 2.45. The lowest BCUT2D eigenvalue weighted by Crippen LogP contribution is -2.49. The number of carboxylic acid groups (broad SMARTS) is 1. The highest BCUT2D eigenvalue weighted by Gasteiger charge is 2.27. The molecule has 1 N–H and O–H groups in total. The van der Waals surface area contributed by atoms with Crippen LogP contribution < -0.4 is 0 Å². The van der Waals surface area contributed by atoms with Crippen molar-refractivity contribution in [3.8, 4) is 0 Å². The van der Waals surface area contributed by atoms with Crippen LogP contribution in [0.3, 0.4) is 0 Å². The highest BCUT2D eigenvalue weighted by Crippen LogP contribution is 2.17.